The molecule has 2 aromatic carbocycles. The monoisotopic (exact) mass is 759 g/mol. The highest BCUT2D eigenvalue weighted by Gasteiger charge is 2.48. The number of ether oxygens (including phenoxy) is 2. The number of rotatable bonds is 21. The highest BCUT2D eigenvalue weighted by Crippen LogP contribution is 2.53. The fourth-order valence-corrected chi connectivity index (χ4v) is 6.75. The van der Waals surface area contributed by atoms with E-state index in [1.807, 2.05) is 42.6 Å². The highest BCUT2D eigenvalue weighted by atomic mass is 35.5. The number of hydrogen-bond acceptors (Lipinski definition) is 10. The van der Waals surface area contributed by atoms with Crippen molar-refractivity contribution in [2.24, 2.45) is 0 Å². The van der Waals surface area contributed by atoms with E-state index in [1.165, 1.54) is 11.9 Å². The van der Waals surface area contributed by atoms with Crippen LogP contribution in [0.25, 0.3) is 11.1 Å². The molecule has 5 rings (SSSR count). The predicted molar refractivity (Wildman–Crippen MR) is 195 cm³/mol. The number of likely N-dealkylation sites (N-methyl/N-ethyl adjacent to an activating group) is 1. The lowest BCUT2D eigenvalue weighted by Crippen LogP contribution is -2.56. The molecule has 0 aliphatic heterocycles. The molecule has 1 amide bonds. The number of aliphatic hydroxyl groups is 4. The molecule has 1 aromatic heterocycles. The van der Waals surface area contributed by atoms with Crippen LogP contribution in [0.1, 0.15) is 61.6 Å². The van der Waals surface area contributed by atoms with Crippen molar-refractivity contribution in [3.8, 4) is 16.9 Å². The molecule has 6 N–H and O–H groups in total. The van der Waals surface area contributed by atoms with Gasteiger partial charge in [-0.05, 0) is 92.9 Å². The Morgan fingerprint density at radius 2 is 1.73 bits per heavy atom. The van der Waals surface area contributed by atoms with E-state index in [0.717, 1.165) is 59.3 Å². The molecule has 2 fully saturated rings. The molecule has 2 aliphatic rings. The number of benzene rings is 2. The van der Waals surface area contributed by atoms with Gasteiger partial charge in [-0.1, -0.05) is 41.4 Å². The van der Waals surface area contributed by atoms with Crippen molar-refractivity contribution in [1.29, 1.82) is 0 Å². The van der Waals surface area contributed by atoms with Crippen LogP contribution in [-0.4, -0.2) is 104 Å². The summed E-state index contributed by atoms with van der Waals surface area (Å²) in [6, 6.07) is 12.6. The number of hydrogen-bond donors (Lipinski definition) is 6. The third-order valence-electron chi connectivity index (χ3n) is 9.43. The third kappa shape index (κ3) is 10.6. The van der Waals surface area contributed by atoms with Crippen molar-refractivity contribution in [3.05, 3.63) is 81.6 Å². The standard InChI is InChI=1S/C38H47Cl2N3O9/c1-43(20-35(47)48)19-31(36(49)37(50)32(45)21-44)42-34(46)9-5-2-6-23-16-30(40)24(17-29(23)39)22-51-38(13-14-38)28-18-41-15-12-26(28)27-7-3-4-8-33(27)52-25-10-11-25/h3-4,7-8,12,15-18,25,31-32,36-37,44-45,49-50H,2,5-6,9-11,13-14,19-22H2,1H3,(H,42,46)(H,47,48). The van der Waals surface area contributed by atoms with Gasteiger partial charge in [-0.15, -0.1) is 0 Å². The van der Waals surface area contributed by atoms with Crippen LogP contribution in [0.2, 0.25) is 10.0 Å². The van der Waals surface area contributed by atoms with Gasteiger partial charge in [0.2, 0.25) is 5.91 Å². The van der Waals surface area contributed by atoms with Gasteiger partial charge in [-0.2, -0.15) is 0 Å². The Labute approximate surface area is 313 Å². The van der Waals surface area contributed by atoms with E-state index < -0.39 is 48.4 Å². The molecule has 282 valence electrons. The number of aromatic nitrogens is 1. The number of amides is 1. The quantitative estimate of drug-likeness (QED) is 0.0861. The Morgan fingerprint density at radius 1 is 1.02 bits per heavy atom. The normalized spacial score (nSPS) is 17.3. The number of carboxylic acids is 1. The second kappa shape index (κ2) is 18.1. The van der Waals surface area contributed by atoms with Crippen molar-refractivity contribution < 1.29 is 44.6 Å². The molecule has 14 heteroatoms. The summed E-state index contributed by atoms with van der Waals surface area (Å²) in [5.74, 6) is -0.683. The first-order valence-corrected chi connectivity index (χ1v) is 18.3. The van der Waals surface area contributed by atoms with Crippen molar-refractivity contribution in [1.82, 2.24) is 15.2 Å². The SMILES string of the molecule is CN(CC(=O)O)CC(NC(=O)CCCCc1cc(Cl)c(COC2(c3cnccc3-c3ccccc3OC3CC3)CC2)cc1Cl)C(O)C(O)C(O)CO. The topological polar surface area (TPSA) is 182 Å². The zero-order valence-corrected chi connectivity index (χ0v) is 30.6. The van der Waals surface area contributed by atoms with Gasteiger partial charge in [0.05, 0.1) is 37.5 Å². The highest BCUT2D eigenvalue weighted by molar-refractivity contribution is 6.34. The van der Waals surface area contributed by atoms with Crippen LogP contribution in [0.15, 0.2) is 54.9 Å². The molecule has 52 heavy (non-hydrogen) atoms. The zero-order valence-electron chi connectivity index (χ0n) is 29.1. The Balaban J connectivity index is 1.15. The van der Waals surface area contributed by atoms with Crippen molar-refractivity contribution in [2.45, 2.75) is 94.0 Å². The first kappa shape index (κ1) is 39.9. The molecule has 4 atom stereocenters. The van der Waals surface area contributed by atoms with E-state index in [0.29, 0.717) is 29.3 Å². The van der Waals surface area contributed by atoms with Crippen molar-refractivity contribution in [3.63, 3.8) is 0 Å². The molecule has 3 aromatic rings. The average molecular weight is 761 g/mol. The van der Waals surface area contributed by atoms with Crippen LogP contribution in [0, 0.1) is 0 Å². The number of nitrogens with one attached hydrogen (secondary N) is 1. The van der Waals surface area contributed by atoms with Crippen LogP contribution in [0.4, 0.5) is 0 Å². The summed E-state index contributed by atoms with van der Waals surface area (Å²) in [5, 5.41) is 52.5. The number of aliphatic carboxylic acids is 1. The number of carbonyl (C=O) groups is 2. The summed E-state index contributed by atoms with van der Waals surface area (Å²) >= 11 is 13.4. The molecule has 12 nitrogen and oxygen atoms in total. The fourth-order valence-electron chi connectivity index (χ4n) is 6.23. The summed E-state index contributed by atoms with van der Waals surface area (Å²) in [5.41, 5.74) is 4.15. The van der Waals surface area contributed by atoms with E-state index >= 15 is 0 Å². The molecule has 4 unspecified atom stereocenters. The Bertz CT molecular complexity index is 1690. The number of nitrogens with zero attached hydrogens (tertiary/aromatic N) is 2. The zero-order chi connectivity index (χ0) is 37.4. The van der Waals surface area contributed by atoms with E-state index in [1.54, 1.807) is 6.20 Å². The molecular formula is C38H47Cl2N3O9. The van der Waals surface area contributed by atoms with Crippen molar-refractivity contribution >= 4 is 35.1 Å². The first-order valence-electron chi connectivity index (χ1n) is 17.6. The van der Waals surface area contributed by atoms with Crippen LogP contribution in [0.5, 0.6) is 5.75 Å². The molecule has 0 saturated heterocycles. The smallest absolute Gasteiger partial charge is 0.317 e. The largest absolute Gasteiger partial charge is 0.490 e. The maximum atomic E-state index is 12.8. The first-order chi connectivity index (χ1) is 24.9. The fraction of sp³-hybridized carbons (Fsp3) is 0.500. The lowest BCUT2D eigenvalue weighted by Gasteiger charge is -2.32. The van der Waals surface area contributed by atoms with Gasteiger partial charge in [0, 0.05) is 46.5 Å². The number of halogens is 2. The van der Waals surface area contributed by atoms with Gasteiger partial charge in [-0.25, -0.2) is 0 Å². The minimum atomic E-state index is -1.76. The number of carbonyl (C=O) groups excluding carboxylic acids is 1. The summed E-state index contributed by atoms with van der Waals surface area (Å²) in [7, 11) is 1.48. The van der Waals surface area contributed by atoms with Gasteiger partial charge in [0.1, 0.15) is 24.1 Å². The second-order valence-electron chi connectivity index (χ2n) is 13.8. The Kier molecular flexibility index (Phi) is 13.9. The second-order valence-corrected chi connectivity index (χ2v) is 14.6. The molecule has 0 radical (unpaired) electrons. The number of carboxylic acid groups (broad SMARTS) is 1. The molecule has 0 bridgehead atoms. The number of unbranched alkanes of at least 4 members (excludes halogenated alkanes) is 1. The number of para-hydroxylation sites is 1. The van der Waals surface area contributed by atoms with Crippen LogP contribution < -0.4 is 10.1 Å². The van der Waals surface area contributed by atoms with E-state index in [9.17, 15) is 24.9 Å². The minimum absolute atomic E-state index is 0.0807. The lowest BCUT2D eigenvalue weighted by atomic mass is 9.96. The van der Waals surface area contributed by atoms with Crippen LogP contribution in [-0.2, 0) is 33.0 Å². The van der Waals surface area contributed by atoms with E-state index in [2.05, 4.69) is 16.4 Å². The van der Waals surface area contributed by atoms with Gasteiger partial charge in [0.15, 0.2) is 0 Å². The third-order valence-corrected chi connectivity index (χ3v) is 10.1. The van der Waals surface area contributed by atoms with E-state index in [-0.39, 0.29) is 32.2 Å². The lowest BCUT2D eigenvalue weighted by molar-refractivity contribution is -0.138. The molecular weight excluding hydrogens is 713 g/mol. The molecule has 1 heterocycles. The minimum Gasteiger partial charge on any atom is -0.490 e. The average Bonchev–Trinajstić information content (AvgIpc) is 4.07. The Hall–Kier alpha value is -3.33. The van der Waals surface area contributed by atoms with E-state index in [4.69, 9.17) is 42.9 Å². The Morgan fingerprint density at radius 3 is 2.42 bits per heavy atom. The number of pyridine rings is 1. The summed E-state index contributed by atoms with van der Waals surface area (Å²) in [6.45, 7) is -1.04. The van der Waals surface area contributed by atoms with Gasteiger partial charge in [0.25, 0.3) is 0 Å². The molecule has 2 saturated carbocycles. The van der Waals surface area contributed by atoms with Gasteiger partial charge < -0.3 is 40.3 Å². The summed E-state index contributed by atoms with van der Waals surface area (Å²) in [4.78, 5) is 29.7. The predicted octanol–water partition coefficient (Wildman–Crippen LogP) is 4.09. The summed E-state index contributed by atoms with van der Waals surface area (Å²) in [6.07, 6.45) is 4.39. The molecule has 0 spiro atoms. The number of aryl methyl sites for hydroxylation is 1. The van der Waals surface area contributed by atoms with Crippen LogP contribution in [0.3, 0.4) is 0 Å². The maximum Gasteiger partial charge on any atom is 0.317 e. The molecule has 2 aliphatic carbocycles. The van der Waals surface area contributed by atoms with Crippen LogP contribution >= 0.6 is 23.2 Å². The van der Waals surface area contributed by atoms with Gasteiger partial charge in [-0.3, -0.25) is 19.5 Å². The maximum absolute atomic E-state index is 12.8. The summed E-state index contributed by atoms with van der Waals surface area (Å²) < 4.78 is 12.8. The van der Waals surface area contributed by atoms with Gasteiger partial charge >= 0.3 is 5.97 Å². The van der Waals surface area contributed by atoms with Crippen molar-refractivity contribution in [2.75, 3.05) is 26.7 Å². The number of aliphatic hydroxyl groups excluding tert-OH is 4.